The van der Waals surface area contributed by atoms with Crippen molar-refractivity contribution in [3.05, 3.63) is 30.3 Å². The Hall–Kier alpha value is -1.44. The first-order chi connectivity index (χ1) is 12.0. The third-order valence-electron chi connectivity index (χ3n) is 4.66. The molecule has 1 amide bonds. The molecule has 25 heavy (non-hydrogen) atoms. The zero-order valence-corrected chi connectivity index (χ0v) is 15.6. The summed E-state index contributed by atoms with van der Waals surface area (Å²) >= 11 is 0. The number of rotatable bonds is 9. The first-order valence-electron chi connectivity index (χ1n) is 8.84. The van der Waals surface area contributed by atoms with Crippen LogP contribution in [0.2, 0.25) is 0 Å². The van der Waals surface area contributed by atoms with E-state index in [1.165, 1.54) is 0 Å². The number of hydrogen-bond acceptors (Lipinski definition) is 4. The second-order valence-corrected chi connectivity index (χ2v) is 8.29. The Morgan fingerprint density at radius 2 is 1.84 bits per heavy atom. The smallest absolute Gasteiger partial charge is 0.240 e. The maximum atomic E-state index is 12.2. The highest BCUT2D eigenvalue weighted by atomic mass is 32.2. The summed E-state index contributed by atoms with van der Waals surface area (Å²) in [6.45, 7) is 1.72. The van der Waals surface area contributed by atoms with Gasteiger partial charge in [0.25, 0.3) is 0 Å². The maximum absolute atomic E-state index is 12.2. The van der Waals surface area contributed by atoms with E-state index < -0.39 is 10.0 Å². The fourth-order valence-electron chi connectivity index (χ4n) is 3.11. The molecule has 0 aliphatic heterocycles. The molecule has 0 atom stereocenters. The van der Waals surface area contributed by atoms with E-state index in [0.717, 1.165) is 32.1 Å². The summed E-state index contributed by atoms with van der Waals surface area (Å²) in [6.07, 6.45) is 4.18. The Kier molecular flexibility index (Phi) is 7.87. The summed E-state index contributed by atoms with van der Waals surface area (Å²) in [7, 11) is -1.80. The topological polar surface area (TPSA) is 84.5 Å². The second-order valence-electron chi connectivity index (χ2n) is 6.52. The van der Waals surface area contributed by atoms with Crippen molar-refractivity contribution in [3.8, 4) is 0 Å². The quantitative estimate of drug-likeness (QED) is 0.652. The molecule has 0 saturated heterocycles. The van der Waals surface area contributed by atoms with Gasteiger partial charge in [-0.15, -0.1) is 0 Å². The number of sulfonamides is 1. The van der Waals surface area contributed by atoms with E-state index in [0.29, 0.717) is 24.6 Å². The van der Waals surface area contributed by atoms with Gasteiger partial charge in [-0.1, -0.05) is 18.2 Å². The average Bonchev–Trinajstić information content (AvgIpc) is 2.64. The van der Waals surface area contributed by atoms with Gasteiger partial charge in [0.15, 0.2) is 0 Å². The lowest BCUT2D eigenvalue weighted by Gasteiger charge is -2.27. The Morgan fingerprint density at radius 1 is 1.16 bits per heavy atom. The first-order valence-corrected chi connectivity index (χ1v) is 10.3. The lowest BCUT2D eigenvalue weighted by atomic mass is 9.81. The Labute approximate surface area is 150 Å². The third-order valence-corrected chi connectivity index (χ3v) is 6.10. The largest absolute Gasteiger partial charge is 0.385 e. The van der Waals surface area contributed by atoms with Crippen molar-refractivity contribution < 1.29 is 17.9 Å². The molecule has 1 fully saturated rings. The van der Waals surface area contributed by atoms with Gasteiger partial charge in [0.05, 0.1) is 4.90 Å². The molecule has 1 aliphatic carbocycles. The van der Waals surface area contributed by atoms with Gasteiger partial charge in [-0.3, -0.25) is 4.79 Å². The third kappa shape index (κ3) is 6.41. The highest BCUT2D eigenvalue weighted by Gasteiger charge is 2.27. The number of amides is 1. The lowest BCUT2D eigenvalue weighted by Crippen LogP contribution is -2.36. The van der Waals surface area contributed by atoms with Gasteiger partial charge in [0, 0.05) is 32.7 Å². The molecule has 0 heterocycles. The minimum atomic E-state index is -3.45. The summed E-state index contributed by atoms with van der Waals surface area (Å²) in [6, 6.07) is 8.40. The van der Waals surface area contributed by atoms with Gasteiger partial charge < -0.3 is 10.1 Å². The monoisotopic (exact) mass is 368 g/mol. The van der Waals surface area contributed by atoms with E-state index >= 15 is 0 Å². The summed E-state index contributed by atoms with van der Waals surface area (Å²) in [5, 5.41) is 2.95. The van der Waals surface area contributed by atoms with Crippen molar-refractivity contribution in [2.75, 3.05) is 26.8 Å². The van der Waals surface area contributed by atoms with Crippen LogP contribution >= 0.6 is 0 Å². The van der Waals surface area contributed by atoms with Crippen LogP contribution in [-0.2, 0) is 19.6 Å². The van der Waals surface area contributed by atoms with Crippen LogP contribution in [-0.4, -0.2) is 41.1 Å². The number of ether oxygens (including phenoxy) is 1. The molecule has 0 spiro atoms. The van der Waals surface area contributed by atoms with Gasteiger partial charge in [0.2, 0.25) is 15.9 Å². The maximum Gasteiger partial charge on any atom is 0.240 e. The zero-order chi connectivity index (χ0) is 18.1. The van der Waals surface area contributed by atoms with E-state index in [2.05, 4.69) is 10.0 Å². The van der Waals surface area contributed by atoms with E-state index in [1.807, 2.05) is 0 Å². The van der Waals surface area contributed by atoms with E-state index in [4.69, 9.17) is 4.74 Å². The lowest BCUT2D eigenvalue weighted by molar-refractivity contribution is -0.126. The molecule has 0 bridgehead atoms. The van der Waals surface area contributed by atoms with E-state index in [1.54, 1.807) is 37.4 Å². The normalized spacial score (nSPS) is 21.0. The summed E-state index contributed by atoms with van der Waals surface area (Å²) in [5.74, 6) is 0.444. The molecular weight excluding hydrogens is 340 g/mol. The molecule has 0 radical (unpaired) electrons. The number of hydrogen-bond donors (Lipinski definition) is 2. The first kappa shape index (κ1) is 19.9. The Bertz CT molecular complexity index is 626. The van der Waals surface area contributed by atoms with Crippen LogP contribution < -0.4 is 10.0 Å². The number of nitrogens with one attached hydrogen (secondary N) is 2. The van der Waals surface area contributed by atoms with Crippen molar-refractivity contribution >= 4 is 15.9 Å². The molecule has 1 aromatic rings. The van der Waals surface area contributed by atoms with Gasteiger partial charge in [-0.25, -0.2) is 13.1 Å². The highest BCUT2D eigenvalue weighted by molar-refractivity contribution is 7.89. The molecule has 1 aromatic carbocycles. The number of benzene rings is 1. The van der Waals surface area contributed by atoms with Crippen molar-refractivity contribution in [3.63, 3.8) is 0 Å². The molecule has 0 aromatic heterocycles. The van der Waals surface area contributed by atoms with Gasteiger partial charge >= 0.3 is 0 Å². The van der Waals surface area contributed by atoms with Crippen molar-refractivity contribution in [2.24, 2.45) is 11.8 Å². The standard InChI is InChI=1S/C18H28N2O4S/c1-24-13-5-12-19-18(21)16-10-8-15(9-11-16)14-20-25(22,23)17-6-3-2-4-7-17/h2-4,6-7,15-16,20H,5,8-14H2,1H3,(H,19,21). The van der Waals surface area contributed by atoms with Gasteiger partial charge in [-0.2, -0.15) is 0 Å². The summed E-state index contributed by atoms with van der Waals surface area (Å²) < 4.78 is 32.1. The fourth-order valence-corrected chi connectivity index (χ4v) is 4.25. The van der Waals surface area contributed by atoms with Crippen LogP contribution in [0.3, 0.4) is 0 Å². The average molecular weight is 368 g/mol. The zero-order valence-electron chi connectivity index (χ0n) is 14.7. The molecular formula is C18H28N2O4S. The predicted octanol–water partition coefficient (Wildman–Crippen LogP) is 1.92. The van der Waals surface area contributed by atoms with E-state index in [9.17, 15) is 13.2 Å². The SMILES string of the molecule is COCCCNC(=O)C1CCC(CNS(=O)(=O)c2ccccc2)CC1. The second kappa shape index (κ2) is 9.89. The molecule has 140 valence electrons. The van der Waals surface area contributed by atoms with Crippen molar-refractivity contribution in [2.45, 2.75) is 37.0 Å². The van der Waals surface area contributed by atoms with Crippen molar-refractivity contribution in [1.82, 2.24) is 10.0 Å². The summed E-state index contributed by atoms with van der Waals surface area (Å²) in [4.78, 5) is 12.4. The molecule has 7 heteroatoms. The Morgan fingerprint density at radius 3 is 2.48 bits per heavy atom. The molecule has 1 saturated carbocycles. The minimum Gasteiger partial charge on any atom is -0.385 e. The van der Waals surface area contributed by atoms with Crippen LogP contribution in [0.1, 0.15) is 32.1 Å². The van der Waals surface area contributed by atoms with Crippen LogP contribution in [0.5, 0.6) is 0 Å². The van der Waals surface area contributed by atoms with Crippen LogP contribution in [0.4, 0.5) is 0 Å². The number of methoxy groups -OCH3 is 1. The number of carbonyl (C=O) groups is 1. The van der Waals surface area contributed by atoms with Crippen LogP contribution in [0.25, 0.3) is 0 Å². The van der Waals surface area contributed by atoms with E-state index in [-0.39, 0.29) is 17.7 Å². The van der Waals surface area contributed by atoms with Crippen LogP contribution in [0.15, 0.2) is 35.2 Å². The predicted molar refractivity (Wildman–Crippen MR) is 96.6 cm³/mol. The molecule has 6 nitrogen and oxygen atoms in total. The van der Waals surface area contributed by atoms with Gasteiger partial charge in [0.1, 0.15) is 0 Å². The molecule has 2 rings (SSSR count). The van der Waals surface area contributed by atoms with Crippen LogP contribution in [0, 0.1) is 11.8 Å². The minimum absolute atomic E-state index is 0.0459. The fraction of sp³-hybridized carbons (Fsp3) is 0.611. The highest BCUT2D eigenvalue weighted by Crippen LogP contribution is 2.28. The van der Waals surface area contributed by atoms with Crippen molar-refractivity contribution in [1.29, 1.82) is 0 Å². The Balaban J connectivity index is 1.71. The molecule has 2 N–H and O–H groups in total. The van der Waals surface area contributed by atoms with Gasteiger partial charge in [-0.05, 0) is 50.2 Å². The summed E-state index contributed by atoms with van der Waals surface area (Å²) in [5.41, 5.74) is 0. The number of carbonyl (C=O) groups excluding carboxylic acids is 1. The molecule has 0 unspecified atom stereocenters. The molecule has 1 aliphatic rings.